The van der Waals surface area contributed by atoms with E-state index in [0.29, 0.717) is 22.4 Å². The Morgan fingerprint density at radius 1 is 0.957 bits per heavy atom. The van der Waals surface area contributed by atoms with Crippen LogP contribution in [0.2, 0.25) is 10.0 Å². The van der Waals surface area contributed by atoms with E-state index in [2.05, 4.69) is 0 Å². The van der Waals surface area contributed by atoms with Gasteiger partial charge < -0.3 is 9.47 Å². The van der Waals surface area contributed by atoms with Gasteiger partial charge in [-0.2, -0.15) is 0 Å². The maximum atomic E-state index is 11.9. The highest BCUT2D eigenvalue weighted by molar-refractivity contribution is 6.32. The van der Waals surface area contributed by atoms with Crippen LogP contribution in [0.15, 0.2) is 42.5 Å². The Kier molecular flexibility index (Phi) is 4.60. The van der Waals surface area contributed by atoms with Crippen LogP contribution in [0.1, 0.15) is 13.3 Å². The molecule has 0 unspecified atom stereocenters. The van der Waals surface area contributed by atoms with Crippen LogP contribution >= 0.6 is 23.2 Å². The number of halogens is 2. The molecule has 0 aromatic heterocycles. The molecule has 0 N–H and O–H groups in total. The molecule has 3 rings (SSSR count). The normalized spacial score (nSPS) is 10.9. The lowest BCUT2D eigenvalue weighted by Crippen LogP contribution is -2.11. The van der Waals surface area contributed by atoms with E-state index < -0.39 is 6.16 Å². The van der Waals surface area contributed by atoms with E-state index in [1.807, 2.05) is 31.2 Å². The first kappa shape index (κ1) is 15.9. The average molecular weight is 349 g/mol. The van der Waals surface area contributed by atoms with Crippen LogP contribution in [0, 0.1) is 0 Å². The maximum Gasteiger partial charge on any atom is 0.513 e. The summed E-state index contributed by atoms with van der Waals surface area (Å²) in [6.45, 7) is 2.23. The second-order valence-electron chi connectivity index (χ2n) is 5.14. The lowest BCUT2D eigenvalue weighted by atomic mass is 10.0. The van der Waals surface area contributed by atoms with Crippen LogP contribution in [0.25, 0.3) is 21.5 Å². The summed E-state index contributed by atoms with van der Waals surface area (Å²) in [6.07, 6.45) is 0.00267. The van der Waals surface area contributed by atoms with Gasteiger partial charge in [-0.15, -0.1) is 0 Å². The highest BCUT2D eigenvalue weighted by Crippen LogP contribution is 2.37. The quantitative estimate of drug-likeness (QED) is 0.320. The molecule has 118 valence electrons. The van der Waals surface area contributed by atoms with Gasteiger partial charge in [-0.1, -0.05) is 36.2 Å². The molecule has 3 nitrogen and oxygen atoms in total. The van der Waals surface area contributed by atoms with Gasteiger partial charge in [-0.25, -0.2) is 4.79 Å². The molecule has 0 spiro atoms. The number of fused-ring (bicyclic) bond motifs is 2. The van der Waals surface area contributed by atoms with E-state index in [9.17, 15) is 4.79 Å². The highest BCUT2D eigenvalue weighted by atomic mass is 35.5. The Morgan fingerprint density at radius 3 is 2.48 bits per heavy atom. The third-order valence-corrected chi connectivity index (χ3v) is 3.91. The molecule has 5 heteroatoms. The first-order valence-electron chi connectivity index (χ1n) is 7.24. The minimum absolute atomic E-state index is 0.314. The van der Waals surface area contributed by atoms with Crippen LogP contribution in [-0.2, 0) is 4.74 Å². The van der Waals surface area contributed by atoms with Crippen molar-refractivity contribution in [1.29, 1.82) is 0 Å². The number of benzene rings is 3. The summed E-state index contributed by atoms with van der Waals surface area (Å²) in [4.78, 5) is 11.9. The Balaban J connectivity index is 2.20. The van der Waals surface area contributed by atoms with Crippen molar-refractivity contribution < 1.29 is 14.3 Å². The Morgan fingerprint density at radius 2 is 1.70 bits per heavy atom. The van der Waals surface area contributed by atoms with E-state index in [1.54, 1.807) is 18.2 Å². The van der Waals surface area contributed by atoms with Gasteiger partial charge >= 0.3 is 6.16 Å². The maximum absolute atomic E-state index is 11.9. The summed E-state index contributed by atoms with van der Waals surface area (Å²) in [5, 5.41) is 4.49. The summed E-state index contributed by atoms with van der Waals surface area (Å²) in [7, 11) is 0. The fraction of sp³-hybridized carbons (Fsp3) is 0.167. The first-order chi connectivity index (χ1) is 11.1. The van der Waals surface area contributed by atoms with E-state index in [0.717, 1.165) is 28.0 Å². The second-order valence-corrected chi connectivity index (χ2v) is 6.01. The summed E-state index contributed by atoms with van der Waals surface area (Å²) < 4.78 is 10.5. The molecule has 0 saturated heterocycles. The van der Waals surface area contributed by atoms with Crippen molar-refractivity contribution in [3.8, 4) is 5.75 Å². The molecule has 0 saturated carbocycles. The number of ether oxygens (including phenoxy) is 2. The molecule has 3 aromatic carbocycles. The smallest absolute Gasteiger partial charge is 0.434 e. The van der Waals surface area contributed by atoms with Gasteiger partial charge in [0.15, 0.2) is 0 Å². The predicted molar refractivity (Wildman–Crippen MR) is 93.7 cm³/mol. The predicted octanol–water partition coefficient (Wildman–Crippen LogP) is 6.23. The van der Waals surface area contributed by atoms with Gasteiger partial charge in [0.2, 0.25) is 0 Å². The van der Waals surface area contributed by atoms with Gasteiger partial charge in [-0.05, 0) is 53.6 Å². The molecule has 0 fully saturated rings. The molecule has 0 aliphatic heterocycles. The van der Waals surface area contributed by atoms with Gasteiger partial charge in [-0.3, -0.25) is 0 Å². The Labute approximate surface area is 143 Å². The van der Waals surface area contributed by atoms with Crippen LogP contribution in [0.3, 0.4) is 0 Å². The monoisotopic (exact) mass is 348 g/mol. The molecular weight excluding hydrogens is 335 g/mol. The summed E-state index contributed by atoms with van der Waals surface area (Å²) >= 11 is 12.2. The number of hydrogen-bond acceptors (Lipinski definition) is 3. The molecule has 0 aliphatic carbocycles. The van der Waals surface area contributed by atoms with Crippen molar-refractivity contribution in [2.45, 2.75) is 13.3 Å². The van der Waals surface area contributed by atoms with Crippen LogP contribution < -0.4 is 4.74 Å². The SMILES string of the molecule is CCCOC(=O)Oc1c2ccc(Cl)cc2cc2ccc(Cl)cc12. The molecule has 0 bridgehead atoms. The molecule has 23 heavy (non-hydrogen) atoms. The molecule has 0 aliphatic rings. The molecular formula is C18H14Cl2O3. The number of carbonyl (C=O) groups excluding carboxylic acids is 1. The molecule has 0 heterocycles. The Bertz CT molecular complexity index is 890. The van der Waals surface area contributed by atoms with E-state index in [4.69, 9.17) is 32.7 Å². The van der Waals surface area contributed by atoms with Gasteiger partial charge in [0.25, 0.3) is 0 Å². The van der Waals surface area contributed by atoms with Crippen LogP contribution in [0.4, 0.5) is 4.79 Å². The van der Waals surface area contributed by atoms with Crippen molar-refractivity contribution in [3.63, 3.8) is 0 Å². The lowest BCUT2D eigenvalue weighted by Gasteiger charge is -2.12. The summed E-state index contributed by atoms with van der Waals surface area (Å²) in [5.41, 5.74) is 0. The third-order valence-electron chi connectivity index (χ3n) is 3.44. The highest BCUT2D eigenvalue weighted by Gasteiger charge is 2.14. The van der Waals surface area contributed by atoms with Crippen molar-refractivity contribution in [3.05, 3.63) is 52.5 Å². The van der Waals surface area contributed by atoms with Crippen molar-refractivity contribution in [1.82, 2.24) is 0 Å². The zero-order valence-corrected chi connectivity index (χ0v) is 13.9. The topological polar surface area (TPSA) is 35.5 Å². The second kappa shape index (κ2) is 6.65. The number of rotatable bonds is 3. The van der Waals surface area contributed by atoms with Crippen molar-refractivity contribution in [2.75, 3.05) is 6.61 Å². The van der Waals surface area contributed by atoms with Gasteiger partial charge in [0.05, 0.1) is 6.61 Å². The third kappa shape index (κ3) is 3.36. The minimum Gasteiger partial charge on any atom is -0.434 e. The number of hydrogen-bond donors (Lipinski definition) is 0. The largest absolute Gasteiger partial charge is 0.513 e. The summed E-state index contributed by atoms with van der Waals surface area (Å²) in [5.74, 6) is 0.428. The molecule has 0 amide bonds. The van der Waals surface area contributed by atoms with E-state index in [-0.39, 0.29) is 0 Å². The Hall–Kier alpha value is -1.97. The van der Waals surface area contributed by atoms with Gasteiger partial charge in [0.1, 0.15) is 5.75 Å². The molecule has 0 atom stereocenters. The zero-order valence-electron chi connectivity index (χ0n) is 12.4. The molecule has 3 aromatic rings. The molecule has 0 radical (unpaired) electrons. The number of carbonyl (C=O) groups is 1. The van der Waals surface area contributed by atoms with Crippen LogP contribution in [-0.4, -0.2) is 12.8 Å². The minimum atomic E-state index is -0.726. The first-order valence-corrected chi connectivity index (χ1v) is 8.00. The van der Waals surface area contributed by atoms with Gasteiger partial charge in [0, 0.05) is 20.8 Å². The standard InChI is InChI=1S/C18H14Cl2O3/c1-2-7-22-18(21)23-17-15-6-5-13(19)9-12(15)8-11-3-4-14(20)10-16(11)17/h3-6,8-10H,2,7H2,1H3. The zero-order chi connectivity index (χ0) is 16.4. The van der Waals surface area contributed by atoms with Crippen LogP contribution in [0.5, 0.6) is 5.75 Å². The fourth-order valence-corrected chi connectivity index (χ4v) is 2.78. The van der Waals surface area contributed by atoms with Crippen molar-refractivity contribution >= 4 is 50.9 Å². The van der Waals surface area contributed by atoms with E-state index in [1.165, 1.54) is 0 Å². The van der Waals surface area contributed by atoms with E-state index >= 15 is 0 Å². The average Bonchev–Trinajstić information content (AvgIpc) is 2.53. The van der Waals surface area contributed by atoms with Crippen molar-refractivity contribution in [2.24, 2.45) is 0 Å². The lowest BCUT2D eigenvalue weighted by molar-refractivity contribution is 0.100. The fourth-order valence-electron chi connectivity index (χ4n) is 2.43. The summed E-state index contributed by atoms with van der Waals surface area (Å²) in [6, 6.07) is 12.8.